The molecular weight excluding hydrogens is 276 g/mol. The number of benzene rings is 1. The third kappa shape index (κ3) is 2.20. The lowest BCUT2D eigenvalue weighted by Crippen LogP contribution is -1.98. The number of nitrogens with zero attached hydrogens (tertiary/aromatic N) is 3. The maximum atomic E-state index is 6.14. The molecule has 2 heterocycles. The van der Waals surface area contributed by atoms with Crippen molar-refractivity contribution >= 4 is 34.2 Å². The van der Waals surface area contributed by atoms with Crippen LogP contribution in [-0.4, -0.2) is 15.1 Å². The second kappa shape index (κ2) is 4.76. The highest BCUT2D eigenvalue weighted by molar-refractivity contribution is 6.31. The van der Waals surface area contributed by atoms with E-state index in [9.17, 15) is 0 Å². The van der Waals surface area contributed by atoms with Crippen molar-refractivity contribution in [2.24, 2.45) is 0 Å². The summed E-state index contributed by atoms with van der Waals surface area (Å²) in [6.07, 6.45) is 0. The summed E-state index contributed by atoms with van der Waals surface area (Å²) >= 11 is 6.14. The monoisotopic (exact) mass is 288 g/mol. The van der Waals surface area contributed by atoms with Crippen molar-refractivity contribution in [3.05, 3.63) is 40.3 Å². The van der Waals surface area contributed by atoms with E-state index in [1.807, 2.05) is 39.0 Å². The molecule has 0 unspecified atom stereocenters. The Balaban J connectivity index is 2.09. The van der Waals surface area contributed by atoms with Crippen LogP contribution in [0, 0.1) is 20.8 Å². The van der Waals surface area contributed by atoms with Gasteiger partial charge in [-0.1, -0.05) is 22.8 Å². The Hall–Kier alpha value is -2.14. The molecule has 0 bridgehead atoms. The number of aryl methyl sites for hydroxylation is 3. The largest absolute Gasteiger partial charge is 0.339 e. The fraction of sp³-hybridized carbons (Fsp3) is 0.214. The normalized spacial score (nSPS) is 11.0. The zero-order chi connectivity index (χ0) is 14.3. The minimum atomic E-state index is 0.482. The maximum absolute atomic E-state index is 6.14. The first-order chi connectivity index (χ1) is 9.54. The van der Waals surface area contributed by atoms with Crippen LogP contribution in [0.1, 0.15) is 17.1 Å². The minimum Gasteiger partial charge on any atom is -0.339 e. The highest BCUT2D eigenvalue weighted by atomic mass is 35.5. The lowest BCUT2D eigenvalue weighted by Gasteiger charge is -2.08. The molecule has 0 saturated heterocycles. The van der Waals surface area contributed by atoms with Gasteiger partial charge in [0.25, 0.3) is 5.71 Å². The first kappa shape index (κ1) is 12.9. The molecule has 0 spiro atoms. The molecule has 0 fully saturated rings. The standard InChI is InChI=1S/C14H13ClN4O/c1-7-4-5-10(6-11(7)15)18-13-12-8(2)19-20-14(12)17-9(3)16-13/h4-6H,1-3H3,(H,16,17,18). The third-order valence-electron chi connectivity index (χ3n) is 3.05. The van der Waals surface area contributed by atoms with Gasteiger partial charge in [0.2, 0.25) is 0 Å². The van der Waals surface area contributed by atoms with Gasteiger partial charge in [-0.25, -0.2) is 4.98 Å². The second-order valence-electron chi connectivity index (χ2n) is 4.66. The van der Waals surface area contributed by atoms with Gasteiger partial charge < -0.3 is 9.84 Å². The molecule has 1 aromatic carbocycles. The van der Waals surface area contributed by atoms with E-state index < -0.39 is 0 Å². The van der Waals surface area contributed by atoms with Gasteiger partial charge in [-0.2, -0.15) is 4.98 Å². The fourth-order valence-electron chi connectivity index (χ4n) is 1.99. The van der Waals surface area contributed by atoms with Gasteiger partial charge >= 0.3 is 0 Å². The molecule has 2 aromatic heterocycles. The summed E-state index contributed by atoms with van der Waals surface area (Å²) in [6, 6.07) is 5.77. The predicted octanol–water partition coefficient (Wildman–Crippen LogP) is 3.94. The SMILES string of the molecule is Cc1nc(Nc2ccc(C)c(Cl)c2)c2c(C)noc2n1. The number of rotatable bonds is 2. The molecule has 0 atom stereocenters. The smallest absolute Gasteiger partial charge is 0.263 e. The van der Waals surface area contributed by atoms with Gasteiger partial charge in [-0.05, 0) is 38.5 Å². The Morgan fingerprint density at radius 2 is 1.95 bits per heavy atom. The van der Waals surface area contributed by atoms with Gasteiger partial charge in [-0.3, -0.25) is 0 Å². The predicted molar refractivity (Wildman–Crippen MR) is 78.5 cm³/mol. The summed E-state index contributed by atoms with van der Waals surface area (Å²) in [7, 11) is 0. The van der Waals surface area contributed by atoms with E-state index >= 15 is 0 Å². The number of halogens is 1. The van der Waals surface area contributed by atoms with E-state index in [4.69, 9.17) is 16.1 Å². The average molecular weight is 289 g/mol. The molecule has 5 nitrogen and oxygen atoms in total. The van der Waals surface area contributed by atoms with E-state index in [0.717, 1.165) is 22.3 Å². The Kier molecular flexibility index (Phi) is 3.06. The van der Waals surface area contributed by atoms with Gasteiger partial charge in [0.15, 0.2) is 0 Å². The lowest BCUT2D eigenvalue weighted by atomic mass is 10.2. The number of fused-ring (bicyclic) bond motifs is 1. The maximum Gasteiger partial charge on any atom is 0.263 e. The van der Waals surface area contributed by atoms with Gasteiger partial charge in [0.1, 0.15) is 17.0 Å². The zero-order valence-corrected chi connectivity index (χ0v) is 12.1. The zero-order valence-electron chi connectivity index (χ0n) is 11.4. The second-order valence-corrected chi connectivity index (χ2v) is 5.06. The van der Waals surface area contributed by atoms with Crippen LogP contribution in [0.25, 0.3) is 11.1 Å². The van der Waals surface area contributed by atoms with Gasteiger partial charge in [-0.15, -0.1) is 0 Å². The molecule has 1 N–H and O–H groups in total. The van der Waals surface area contributed by atoms with Crippen LogP contribution in [0.2, 0.25) is 5.02 Å². The summed E-state index contributed by atoms with van der Waals surface area (Å²) in [5, 5.41) is 8.67. The van der Waals surface area contributed by atoms with E-state index in [-0.39, 0.29) is 0 Å². The highest BCUT2D eigenvalue weighted by Crippen LogP contribution is 2.28. The quantitative estimate of drug-likeness (QED) is 0.774. The van der Waals surface area contributed by atoms with Crippen molar-refractivity contribution in [1.82, 2.24) is 15.1 Å². The average Bonchev–Trinajstić information content (AvgIpc) is 2.75. The fourth-order valence-corrected chi connectivity index (χ4v) is 2.17. The van der Waals surface area contributed by atoms with Crippen molar-refractivity contribution in [3.8, 4) is 0 Å². The van der Waals surface area contributed by atoms with Crippen LogP contribution < -0.4 is 5.32 Å². The Labute approximate surface area is 121 Å². The molecule has 0 aliphatic carbocycles. The Morgan fingerprint density at radius 3 is 2.70 bits per heavy atom. The van der Waals surface area contributed by atoms with Crippen LogP contribution in [0.3, 0.4) is 0 Å². The Bertz CT molecular complexity index is 797. The molecule has 3 aromatic rings. The van der Waals surface area contributed by atoms with Crippen LogP contribution >= 0.6 is 11.6 Å². The van der Waals surface area contributed by atoms with Crippen molar-refractivity contribution in [2.75, 3.05) is 5.32 Å². The topological polar surface area (TPSA) is 63.8 Å². The highest BCUT2D eigenvalue weighted by Gasteiger charge is 2.14. The van der Waals surface area contributed by atoms with Crippen molar-refractivity contribution < 1.29 is 4.52 Å². The minimum absolute atomic E-state index is 0.482. The van der Waals surface area contributed by atoms with Crippen LogP contribution in [0.4, 0.5) is 11.5 Å². The first-order valence-corrected chi connectivity index (χ1v) is 6.56. The number of hydrogen-bond acceptors (Lipinski definition) is 5. The van der Waals surface area contributed by atoms with Crippen LogP contribution in [0.5, 0.6) is 0 Å². The molecule has 0 aliphatic heterocycles. The number of hydrogen-bond donors (Lipinski definition) is 1. The van der Waals surface area contributed by atoms with Gasteiger partial charge in [0.05, 0.1) is 5.69 Å². The molecule has 20 heavy (non-hydrogen) atoms. The lowest BCUT2D eigenvalue weighted by molar-refractivity contribution is 0.442. The van der Waals surface area contributed by atoms with Gasteiger partial charge in [0, 0.05) is 10.7 Å². The summed E-state index contributed by atoms with van der Waals surface area (Å²) in [6.45, 7) is 5.63. The van der Waals surface area contributed by atoms with E-state index in [0.29, 0.717) is 22.4 Å². The molecule has 6 heteroatoms. The molecule has 0 aliphatic rings. The van der Waals surface area contributed by atoms with Crippen molar-refractivity contribution in [3.63, 3.8) is 0 Å². The molecule has 3 rings (SSSR count). The van der Waals surface area contributed by atoms with E-state index in [1.165, 1.54) is 0 Å². The number of aromatic nitrogens is 3. The van der Waals surface area contributed by atoms with E-state index in [1.54, 1.807) is 0 Å². The van der Waals surface area contributed by atoms with Crippen molar-refractivity contribution in [1.29, 1.82) is 0 Å². The third-order valence-corrected chi connectivity index (χ3v) is 3.46. The summed E-state index contributed by atoms with van der Waals surface area (Å²) in [5.41, 5.74) is 3.12. The summed E-state index contributed by atoms with van der Waals surface area (Å²) < 4.78 is 5.18. The summed E-state index contributed by atoms with van der Waals surface area (Å²) in [4.78, 5) is 8.64. The van der Waals surface area contributed by atoms with Crippen molar-refractivity contribution in [2.45, 2.75) is 20.8 Å². The molecule has 0 amide bonds. The Morgan fingerprint density at radius 1 is 1.15 bits per heavy atom. The summed E-state index contributed by atoms with van der Waals surface area (Å²) in [5.74, 6) is 1.29. The molecule has 102 valence electrons. The molecule has 0 saturated carbocycles. The molecular formula is C14H13ClN4O. The van der Waals surface area contributed by atoms with Crippen LogP contribution in [0.15, 0.2) is 22.7 Å². The molecule has 0 radical (unpaired) electrons. The first-order valence-electron chi connectivity index (χ1n) is 6.18. The van der Waals surface area contributed by atoms with Crippen LogP contribution in [-0.2, 0) is 0 Å². The van der Waals surface area contributed by atoms with E-state index in [2.05, 4.69) is 20.4 Å². The number of nitrogens with one attached hydrogen (secondary N) is 1. The number of anilines is 2.